The largest absolute Gasteiger partial charge is 0.347 e. The van der Waals surface area contributed by atoms with Gasteiger partial charge in [-0.2, -0.15) is 0 Å². The van der Waals surface area contributed by atoms with Crippen LogP contribution in [-0.2, 0) is 9.59 Å². The van der Waals surface area contributed by atoms with Gasteiger partial charge in [0.15, 0.2) is 0 Å². The van der Waals surface area contributed by atoms with Gasteiger partial charge in [-0.3, -0.25) is 14.4 Å². The van der Waals surface area contributed by atoms with Crippen molar-refractivity contribution < 1.29 is 23.2 Å². The molecular weight excluding hydrogens is 380 g/mol. The number of nitrogens with one attached hydrogen (secondary N) is 2. The van der Waals surface area contributed by atoms with E-state index in [9.17, 15) is 23.2 Å². The fourth-order valence-corrected chi connectivity index (χ4v) is 4.81. The summed E-state index contributed by atoms with van der Waals surface area (Å²) in [5.74, 6) is -2.16. The van der Waals surface area contributed by atoms with Crippen LogP contribution < -0.4 is 10.6 Å². The third-order valence-electron chi connectivity index (χ3n) is 6.30. The molecule has 6 nitrogen and oxygen atoms in total. The highest BCUT2D eigenvalue weighted by atomic mass is 19.1. The van der Waals surface area contributed by atoms with Gasteiger partial charge in [-0.1, -0.05) is 32.1 Å². The van der Waals surface area contributed by atoms with Crippen LogP contribution in [-0.4, -0.2) is 47.3 Å². The average molecular weight is 405 g/mol. The van der Waals surface area contributed by atoms with E-state index in [1.165, 1.54) is 11.3 Å². The third kappa shape index (κ3) is 4.11. The number of piperazine rings is 1. The maximum Gasteiger partial charge on any atom is 0.254 e. The van der Waals surface area contributed by atoms with Gasteiger partial charge in [0.05, 0.1) is 5.56 Å². The molecule has 0 bridgehead atoms. The molecule has 3 fully saturated rings. The zero-order valence-electron chi connectivity index (χ0n) is 16.1. The minimum absolute atomic E-state index is 0.117. The van der Waals surface area contributed by atoms with Gasteiger partial charge in [-0.25, -0.2) is 8.78 Å². The van der Waals surface area contributed by atoms with Crippen LogP contribution in [0.2, 0.25) is 0 Å². The molecule has 2 aliphatic heterocycles. The summed E-state index contributed by atoms with van der Waals surface area (Å²) in [4.78, 5) is 39.3. The second-order valence-electron chi connectivity index (χ2n) is 8.34. The van der Waals surface area contributed by atoms with Crippen LogP contribution in [0.25, 0.3) is 0 Å². The summed E-state index contributed by atoms with van der Waals surface area (Å²) in [6.45, 7) is 0.195. The summed E-state index contributed by atoms with van der Waals surface area (Å²) in [5, 5.41) is 5.49. The highest BCUT2D eigenvalue weighted by Crippen LogP contribution is 2.30. The second-order valence-corrected chi connectivity index (χ2v) is 8.34. The SMILES string of the molecule is O=C(N[C@H]1C[C@H]2C(=O)N[C@@H](CC3CCCCC3)C(=O)N2C1)c1cc(F)ccc1F. The van der Waals surface area contributed by atoms with E-state index in [4.69, 9.17) is 0 Å². The summed E-state index contributed by atoms with van der Waals surface area (Å²) in [6, 6.07) is 1.04. The van der Waals surface area contributed by atoms with Gasteiger partial charge >= 0.3 is 0 Å². The minimum Gasteiger partial charge on any atom is -0.347 e. The van der Waals surface area contributed by atoms with Gasteiger partial charge < -0.3 is 15.5 Å². The summed E-state index contributed by atoms with van der Waals surface area (Å²) < 4.78 is 27.2. The molecule has 3 aliphatic rings. The molecule has 2 N–H and O–H groups in total. The van der Waals surface area contributed by atoms with Crippen molar-refractivity contribution >= 4 is 17.7 Å². The maximum atomic E-state index is 13.8. The van der Waals surface area contributed by atoms with Gasteiger partial charge in [0, 0.05) is 12.6 Å². The van der Waals surface area contributed by atoms with Crippen LogP contribution in [0.1, 0.15) is 55.3 Å². The van der Waals surface area contributed by atoms with E-state index in [1.54, 1.807) is 0 Å². The molecular formula is C21H25F2N3O3. The number of benzene rings is 1. The van der Waals surface area contributed by atoms with Crippen LogP contribution in [0, 0.1) is 17.6 Å². The molecule has 0 unspecified atom stereocenters. The molecule has 8 heteroatoms. The van der Waals surface area contributed by atoms with Crippen molar-refractivity contribution in [1.29, 1.82) is 0 Å². The Morgan fingerprint density at radius 2 is 1.93 bits per heavy atom. The van der Waals surface area contributed by atoms with E-state index in [0.29, 0.717) is 12.3 Å². The van der Waals surface area contributed by atoms with Crippen molar-refractivity contribution in [3.63, 3.8) is 0 Å². The number of amides is 3. The minimum atomic E-state index is -0.819. The van der Waals surface area contributed by atoms with Crippen molar-refractivity contribution in [3.05, 3.63) is 35.4 Å². The first-order chi connectivity index (χ1) is 13.9. The van der Waals surface area contributed by atoms with E-state index in [0.717, 1.165) is 43.9 Å². The predicted octanol–water partition coefficient (Wildman–Crippen LogP) is 2.13. The van der Waals surface area contributed by atoms with E-state index < -0.39 is 35.7 Å². The zero-order chi connectivity index (χ0) is 20.5. The van der Waals surface area contributed by atoms with E-state index in [-0.39, 0.29) is 30.3 Å². The average Bonchev–Trinajstić information content (AvgIpc) is 3.13. The summed E-state index contributed by atoms with van der Waals surface area (Å²) >= 11 is 0. The van der Waals surface area contributed by atoms with Gasteiger partial charge in [-0.05, 0) is 37.0 Å². The molecule has 0 spiro atoms. The maximum absolute atomic E-state index is 13.8. The Labute approximate surface area is 168 Å². The number of halogens is 2. The molecule has 0 aromatic heterocycles. The van der Waals surface area contributed by atoms with Crippen molar-refractivity contribution in [1.82, 2.24) is 15.5 Å². The Morgan fingerprint density at radius 1 is 1.17 bits per heavy atom. The molecule has 1 aromatic carbocycles. The second kappa shape index (κ2) is 8.08. The Bertz CT molecular complexity index is 825. The van der Waals surface area contributed by atoms with Crippen molar-refractivity contribution in [2.75, 3.05) is 6.54 Å². The number of carbonyl (C=O) groups excluding carboxylic acids is 3. The van der Waals surface area contributed by atoms with Gasteiger partial charge in [-0.15, -0.1) is 0 Å². The highest BCUT2D eigenvalue weighted by Gasteiger charge is 2.47. The highest BCUT2D eigenvalue weighted by molar-refractivity contribution is 5.98. The van der Waals surface area contributed by atoms with Gasteiger partial charge in [0.2, 0.25) is 11.8 Å². The normalized spacial score (nSPS) is 27.5. The molecule has 1 saturated carbocycles. The number of carbonyl (C=O) groups is 3. The first-order valence-electron chi connectivity index (χ1n) is 10.3. The lowest BCUT2D eigenvalue weighted by atomic mass is 9.84. The molecule has 1 aromatic rings. The topological polar surface area (TPSA) is 78.5 Å². The standard InChI is InChI=1S/C21H25F2N3O3/c22-13-6-7-16(23)15(9-13)19(27)24-14-10-18-20(28)25-17(21(29)26(18)11-14)8-12-4-2-1-3-5-12/h6-7,9,12,14,17-18H,1-5,8,10-11H2,(H,24,27)(H,25,28)/t14-,17-,18-/m0/s1. The third-order valence-corrected chi connectivity index (χ3v) is 6.30. The Balaban J connectivity index is 1.40. The molecule has 3 atom stereocenters. The summed E-state index contributed by atoms with van der Waals surface area (Å²) in [7, 11) is 0. The lowest BCUT2D eigenvalue weighted by Crippen LogP contribution is -2.61. The van der Waals surface area contributed by atoms with E-state index >= 15 is 0 Å². The number of fused-ring (bicyclic) bond motifs is 1. The molecule has 4 rings (SSSR count). The quantitative estimate of drug-likeness (QED) is 0.806. The molecule has 3 amide bonds. The Kier molecular flexibility index (Phi) is 5.52. The summed E-state index contributed by atoms with van der Waals surface area (Å²) in [6.07, 6.45) is 6.63. The molecule has 29 heavy (non-hydrogen) atoms. The number of rotatable bonds is 4. The van der Waals surface area contributed by atoms with Crippen molar-refractivity contribution in [2.24, 2.45) is 5.92 Å². The van der Waals surface area contributed by atoms with Gasteiger partial charge in [0.25, 0.3) is 5.91 Å². The molecule has 2 heterocycles. The lowest BCUT2D eigenvalue weighted by molar-refractivity contribution is -0.147. The van der Waals surface area contributed by atoms with Crippen LogP contribution in [0.5, 0.6) is 0 Å². The van der Waals surface area contributed by atoms with Crippen LogP contribution >= 0.6 is 0 Å². The van der Waals surface area contributed by atoms with Gasteiger partial charge in [0.1, 0.15) is 23.7 Å². The fourth-order valence-electron chi connectivity index (χ4n) is 4.81. The number of nitrogens with zero attached hydrogens (tertiary/aromatic N) is 1. The van der Waals surface area contributed by atoms with Crippen molar-refractivity contribution in [3.8, 4) is 0 Å². The van der Waals surface area contributed by atoms with Crippen LogP contribution in [0.3, 0.4) is 0 Å². The number of hydrogen-bond acceptors (Lipinski definition) is 3. The molecule has 2 saturated heterocycles. The Morgan fingerprint density at radius 3 is 2.69 bits per heavy atom. The first-order valence-corrected chi connectivity index (χ1v) is 10.3. The monoisotopic (exact) mass is 405 g/mol. The van der Waals surface area contributed by atoms with Crippen molar-refractivity contribution in [2.45, 2.75) is 63.1 Å². The lowest BCUT2D eigenvalue weighted by Gasteiger charge is -2.36. The number of hydrogen-bond donors (Lipinski definition) is 2. The zero-order valence-corrected chi connectivity index (χ0v) is 16.1. The molecule has 156 valence electrons. The van der Waals surface area contributed by atoms with E-state index in [2.05, 4.69) is 10.6 Å². The summed E-state index contributed by atoms with van der Waals surface area (Å²) in [5.41, 5.74) is -0.388. The molecule has 0 radical (unpaired) electrons. The van der Waals surface area contributed by atoms with Crippen LogP contribution in [0.4, 0.5) is 8.78 Å². The predicted molar refractivity (Wildman–Crippen MR) is 101 cm³/mol. The molecule has 1 aliphatic carbocycles. The van der Waals surface area contributed by atoms with E-state index in [1.807, 2.05) is 0 Å². The van der Waals surface area contributed by atoms with Crippen LogP contribution in [0.15, 0.2) is 18.2 Å². The fraction of sp³-hybridized carbons (Fsp3) is 0.571. The Hall–Kier alpha value is -2.51. The smallest absolute Gasteiger partial charge is 0.254 e. The first kappa shape index (κ1) is 19.8.